The van der Waals surface area contributed by atoms with E-state index in [-0.39, 0.29) is 37.0 Å². The Morgan fingerprint density at radius 1 is 1.25 bits per heavy atom. The standard InChI is InChI=1S/C19H30N4O4S/c24-13-16-15(21-17(25)6-10-23-8-2-1-3-9-23)5-4-14(27-16)12-18(26)22-19-20-7-11-28-19/h7,11,14-16,24H,1-6,8-10,12-13H2,(H,21,25)(H,20,22,26)/t14-,15+,16+/m1/s1. The Kier molecular flexibility index (Phi) is 8.20. The summed E-state index contributed by atoms with van der Waals surface area (Å²) in [5, 5.41) is 17.8. The number of carbonyl (C=O) groups excluding carboxylic acids is 2. The Hall–Kier alpha value is -1.55. The summed E-state index contributed by atoms with van der Waals surface area (Å²) < 4.78 is 5.88. The fourth-order valence-corrected chi connectivity index (χ4v) is 4.38. The van der Waals surface area contributed by atoms with Gasteiger partial charge in [0.1, 0.15) is 6.10 Å². The zero-order valence-corrected chi connectivity index (χ0v) is 17.0. The van der Waals surface area contributed by atoms with Gasteiger partial charge in [-0.3, -0.25) is 9.59 Å². The van der Waals surface area contributed by atoms with Gasteiger partial charge in [0.15, 0.2) is 5.13 Å². The Labute approximate surface area is 169 Å². The van der Waals surface area contributed by atoms with Crippen LogP contribution in [0.4, 0.5) is 5.13 Å². The summed E-state index contributed by atoms with van der Waals surface area (Å²) in [5.74, 6) is -0.154. The van der Waals surface area contributed by atoms with Crippen LogP contribution in [-0.4, -0.2) is 71.3 Å². The van der Waals surface area contributed by atoms with E-state index in [1.54, 1.807) is 11.6 Å². The molecule has 8 nitrogen and oxygen atoms in total. The number of aliphatic hydroxyl groups excluding tert-OH is 1. The van der Waals surface area contributed by atoms with Crippen molar-refractivity contribution < 1.29 is 19.4 Å². The molecule has 0 unspecified atom stereocenters. The zero-order valence-electron chi connectivity index (χ0n) is 16.1. The van der Waals surface area contributed by atoms with Gasteiger partial charge >= 0.3 is 0 Å². The number of hydrogen-bond donors (Lipinski definition) is 3. The van der Waals surface area contributed by atoms with Crippen LogP contribution >= 0.6 is 11.3 Å². The normalized spacial score (nSPS) is 26.0. The minimum absolute atomic E-state index is 0.00223. The summed E-state index contributed by atoms with van der Waals surface area (Å²) in [5.41, 5.74) is 0. The molecule has 156 valence electrons. The van der Waals surface area contributed by atoms with Crippen molar-refractivity contribution in [3.8, 4) is 0 Å². The summed E-state index contributed by atoms with van der Waals surface area (Å²) in [6.07, 6.45) is 6.63. The van der Waals surface area contributed by atoms with Gasteiger partial charge in [-0.15, -0.1) is 11.3 Å². The van der Waals surface area contributed by atoms with Gasteiger partial charge in [0.2, 0.25) is 11.8 Å². The van der Waals surface area contributed by atoms with Crippen LogP contribution in [0.1, 0.15) is 44.9 Å². The second kappa shape index (κ2) is 10.8. The lowest BCUT2D eigenvalue weighted by atomic mass is 9.96. The molecule has 2 aliphatic rings. The molecule has 2 saturated heterocycles. The number of aliphatic hydroxyl groups is 1. The number of amides is 2. The lowest BCUT2D eigenvalue weighted by Gasteiger charge is -2.36. The van der Waals surface area contributed by atoms with Crippen molar-refractivity contribution >= 4 is 28.3 Å². The van der Waals surface area contributed by atoms with Crippen LogP contribution in [0.3, 0.4) is 0 Å². The number of rotatable bonds is 8. The summed E-state index contributed by atoms with van der Waals surface area (Å²) in [4.78, 5) is 30.8. The van der Waals surface area contributed by atoms with Gasteiger partial charge in [0.05, 0.1) is 25.2 Å². The zero-order chi connectivity index (χ0) is 19.8. The van der Waals surface area contributed by atoms with Crippen molar-refractivity contribution in [2.45, 2.75) is 63.2 Å². The molecule has 1 aromatic rings. The number of thiazole rings is 1. The van der Waals surface area contributed by atoms with Crippen molar-refractivity contribution in [1.82, 2.24) is 15.2 Å². The molecule has 1 aromatic heterocycles. The van der Waals surface area contributed by atoms with Crippen LogP contribution in [0.15, 0.2) is 11.6 Å². The third-order valence-electron chi connectivity index (χ3n) is 5.34. The second-order valence-corrected chi connectivity index (χ2v) is 8.37. The lowest BCUT2D eigenvalue weighted by molar-refractivity contribution is -0.133. The summed E-state index contributed by atoms with van der Waals surface area (Å²) in [6.45, 7) is 2.75. The van der Waals surface area contributed by atoms with Gasteiger partial charge in [-0.25, -0.2) is 4.98 Å². The molecule has 0 radical (unpaired) electrons. The van der Waals surface area contributed by atoms with Crippen molar-refractivity contribution in [3.05, 3.63) is 11.6 Å². The maximum atomic E-state index is 12.3. The summed E-state index contributed by atoms with van der Waals surface area (Å²) in [6, 6.07) is -0.211. The maximum absolute atomic E-state index is 12.3. The van der Waals surface area contributed by atoms with Crippen molar-refractivity contribution in [2.75, 3.05) is 31.6 Å². The number of hydrogen-bond acceptors (Lipinski definition) is 7. The van der Waals surface area contributed by atoms with E-state index >= 15 is 0 Å². The van der Waals surface area contributed by atoms with Crippen molar-refractivity contribution in [1.29, 1.82) is 0 Å². The molecule has 2 fully saturated rings. The molecule has 0 spiro atoms. The van der Waals surface area contributed by atoms with Gasteiger partial charge in [-0.1, -0.05) is 6.42 Å². The highest BCUT2D eigenvalue weighted by atomic mass is 32.1. The highest BCUT2D eigenvalue weighted by molar-refractivity contribution is 7.13. The van der Waals surface area contributed by atoms with Crippen LogP contribution in [0.5, 0.6) is 0 Å². The number of piperidine rings is 1. The molecule has 2 amide bonds. The molecule has 3 atom stereocenters. The second-order valence-electron chi connectivity index (χ2n) is 7.47. The van der Waals surface area contributed by atoms with Crippen LogP contribution in [0.2, 0.25) is 0 Å². The molecule has 0 aliphatic carbocycles. The maximum Gasteiger partial charge on any atom is 0.228 e. The van der Waals surface area contributed by atoms with E-state index in [0.717, 1.165) is 19.6 Å². The fourth-order valence-electron chi connectivity index (χ4n) is 3.83. The third kappa shape index (κ3) is 6.51. The minimum Gasteiger partial charge on any atom is -0.394 e. The molecular formula is C19H30N4O4S. The highest BCUT2D eigenvalue weighted by Gasteiger charge is 2.33. The number of likely N-dealkylation sites (tertiary alicyclic amines) is 1. The van der Waals surface area contributed by atoms with Crippen LogP contribution in [0, 0.1) is 0 Å². The average molecular weight is 411 g/mol. The SMILES string of the molecule is O=C(C[C@H]1CC[C@H](NC(=O)CCN2CCCCC2)[C@H](CO)O1)Nc1nccs1. The van der Waals surface area contributed by atoms with E-state index in [2.05, 4.69) is 20.5 Å². The largest absolute Gasteiger partial charge is 0.394 e. The monoisotopic (exact) mass is 410 g/mol. The predicted molar refractivity (Wildman–Crippen MR) is 107 cm³/mol. The molecule has 3 heterocycles. The van der Waals surface area contributed by atoms with Crippen molar-refractivity contribution in [2.24, 2.45) is 0 Å². The van der Waals surface area contributed by atoms with Gasteiger partial charge in [-0.2, -0.15) is 0 Å². The van der Waals surface area contributed by atoms with Gasteiger partial charge < -0.3 is 25.4 Å². The smallest absolute Gasteiger partial charge is 0.228 e. The number of anilines is 1. The Balaban J connectivity index is 1.39. The topological polar surface area (TPSA) is 104 Å². The molecular weight excluding hydrogens is 380 g/mol. The first-order valence-electron chi connectivity index (χ1n) is 10.1. The van der Waals surface area contributed by atoms with E-state index in [9.17, 15) is 14.7 Å². The van der Waals surface area contributed by atoms with Gasteiger partial charge in [0, 0.05) is 24.5 Å². The summed E-state index contributed by atoms with van der Waals surface area (Å²) >= 11 is 1.37. The molecule has 2 aliphatic heterocycles. The molecule has 0 saturated carbocycles. The Morgan fingerprint density at radius 2 is 2.07 bits per heavy atom. The quantitative estimate of drug-likeness (QED) is 0.598. The molecule has 0 bridgehead atoms. The number of ether oxygens (including phenoxy) is 1. The van der Waals surface area contributed by atoms with E-state index < -0.39 is 6.10 Å². The minimum atomic E-state index is -0.481. The van der Waals surface area contributed by atoms with Crippen molar-refractivity contribution in [3.63, 3.8) is 0 Å². The summed E-state index contributed by atoms with van der Waals surface area (Å²) in [7, 11) is 0. The van der Waals surface area contributed by atoms with E-state index in [0.29, 0.717) is 24.4 Å². The average Bonchev–Trinajstić information content (AvgIpc) is 3.21. The molecule has 0 aromatic carbocycles. The van der Waals surface area contributed by atoms with E-state index in [1.165, 1.54) is 30.6 Å². The van der Waals surface area contributed by atoms with Gasteiger partial charge in [-0.05, 0) is 38.8 Å². The first kappa shape index (κ1) is 21.2. The predicted octanol–water partition coefficient (Wildman–Crippen LogP) is 1.37. The lowest BCUT2D eigenvalue weighted by Crippen LogP contribution is -2.51. The van der Waals surface area contributed by atoms with Crippen LogP contribution < -0.4 is 10.6 Å². The van der Waals surface area contributed by atoms with E-state index in [4.69, 9.17) is 4.74 Å². The van der Waals surface area contributed by atoms with Gasteiger partial charge in [0.25, 0.3) is 0 Å². The first-order chi connectivity index (χ1) is 13.6. The molecule has 28 heavy (non-hydrogen) atoms. The van der Waals surface area contributed by atoms with Crippen LogP contribution in [0.25, 0.3) is 0 Å². The molecule has 9 heteroatoms. The number of aromatic nitrogens is 1. The Bertz CT molecular complexity index is 621. The Morgan fingerprint density at radius 3 is 2.79 bits per heavy atom. The van der Waals surface area contributed by atoms with E-state index in [1.807, 2.05) is 0 Å². The fraction of sp³-hybridized carbons (Fsp3) is 0.737. The number of nitrogens with one attached hydrogen (secondary N) is 2. The molecule has 3 rings (SSSR count). The number of carbonyl (C=O) groups is 2. The number of nitrogens with zero attached hydrogens (tertiary/aromatic N) is 2. The highest BCUT2D eigenvalue weighted by Crippen LogP contribution is 2.23. The van der Waals surface area contributed by atoms with Crippen LogP contribution in [-0.2, 0) is 14.3 Å². The third-order valence-corrected chi connectivity index (χ3v) is 6.03. The molecule has 3 N–H and O–H groups in total. The first-order valence-corrected chi connectivity index (χ1v) is 11.0.